The van der Waals surface area contributed by atoms with Gasteiger partial charge in [-0.2, -0.15) is 0 Å². The Bertz CT molecular complexity index is 1090. The number of amides is 2. The summed E-state index contributed by atoms with van der Waals surface area (Å²) in [4.78, 5) is 24.8. The van der Waals surface area contributed by atoms with E-state index in [0.717, 1.165) is 44.2 Å². The summed E-state index contributed by atoms with van der Waals surface area (Å²) < 4.78 is 37.8. The third-order valence-corrected chi connectivity index (χ3v) is 7.04. The summed E-state index contributed by atoms with van der Waals surface area (Å²) >= 11 is 11.3. The van der Waals surface area contributed by atoms with E-state index in [4.69, 9.17) is 32.7 Å². The molecule has 2 saturated carbocycles. The van der Waals surface area contributed by atoms with Crippen LogP contribution in [0.4, 0.5) is 8.78 Å². The minimum Gasteiger partial charge on any atom is -0.484 e. The number of carbonyl (C=O) groups is 2. The molecular formula is C24H24Cl2F2N2O4. The number of benzene rings is 2. The Morgan fingerprint density at radius 3 is 2.06 bits per heavy atom. The van der Waals surface area contributed by atoms with Crippen LogP contribution in [0.3, 0.4) is 0 Å². The third kappa shape index (κ3) is 5.91. The molecule has 2 amide bonds. The third-order valence-electron chi connectivity index (χ3n) is 6.42. The number of halogens is 4. The molecule has 2 N–H and O–H groups in total. The van der Waals surface area contributed by atoms with Crippen LogP contribution in [0.2, 0.25) is 10.0 Å². The minimum atomic E-state index is -0.609. The smallest absolute Gasteiger partial charge is 0.258 e. The van der Waals surface area contributed by atoms with Crippen LogP contribution in [-0.4, -0.2) is 36.6 Å². The first-order valence-corrected chi connectivity index (χ1v) is 11.7. The number of carbonyl (C=O) groups excluding carboxylic acids is 2. The molecule has 182 valence electrons. The van der Waals surface area contributed by atoms with E-state index in [9.17, 15) is 18.4 Å². The molecule has 6 nitrogen and oxygen atoms in total. The lowest BCUT2D eigenvalue weighted by Crippen LogP contribution is -2.53. The predicted octanol–water partition coefficient (Wildman–Crippen LogP) is 4.66. The summed E-state index contributed by atoms with van der Waals surface area (Å²) in [6, 6.07) is 8.01. The van der Waals surface area contributed by atoms with Gasteiger partial charge in [0.2, 0.25) is 0 Å². The molecule has 0 heterocycles. The molecule has 2 fully saturated rings. The second kappa shape index (κ2) is 10.4. The van der Waals surface area contributed by atoms with Gasteiger partial charge in [0.15, 0.2) is 13.2 Å². The largest absolute Gasteiger partial charge is 0.484 e. The van der Waals surface area contributed by atoms with E-state index in [-0.39, 0.29) is 64.1 Å². The van der Waals surface area contributed by atoms with Gasteiger partial charge in [0.25, 0.3) is 11.8 Å². The highest BCUT2D eigenvalue weighted by atomic mass is 35.5. The van der Waals surface area contributed by atoms with Gasteiger partial charge in [0.05, 0.1) is 10.0 Å². The molecule has 0 spiro atoms. The summed E-state index contributed by atoms with van der Waals surface area (Å²) in [5.41, 5.74) is -0.324. The Morgan fingerprint density at radius 1 is 0.912 bits per heavy atom. The van der Waals surface area contributed by atoms with Gasteiger partial charge in [-0.1, -0.05) is 23.2 Å². The molecule has 0 aromatic heterocycles. The molecule has 2 aromatic rings. The van der Waals surface area contributed by atoms with Crippen molar-refractivity contribution in [1.29, 1.82) is 0 Å². The fourth-order valence-electron chi connectivity index (χ4n) is 4.78. The van der Waals surface area contributed by atoms with Crippen molar-refractivity contribution in [1.82, 2.24) is 10.6 Å². The molecule has 3 atom stereocenters. The Labute approximate surface area is 205 Å². The Kier molecular flexibility index (Phi) is 7.48. The zero-order chi connectivity index (χ0) is 24.3. The molecule has 34 heavy (non-hydrogen) atoms. The van der Waals surface area contributed by atoms with Crippen molar-refractivity contribution in [2.45, 2.75) is 43.7 Å². The van der Waals surface area contributed by atoms with Crippen LogP contribution in [-0.2, 0) is 9.59 Å². The first-order valence-electron chi connectivity index (χ1n) is 11.0. The van der Waals surface area contributed by atoms with Crippen LogP contribution >= 0.6 is 23.2 Å². The fraction of sp³-hybridized carbons (Fsp3) is 0.417. The zero-order valence-electron chi connectivity index (χ0n) is 18.2. The van der Waals surface area contributed by atoms with Crippen LogP contribution in [0, 0.1) is 17.6 Å². The molecule has 2 aliphatic rings. The van der Waals surface area contributed by atoms with E-state index in [2.05, 4.69) is 10.6 Å². The minimum absolute atomic E-state index is 0.0121. The standard InChI is InChI=1S/C24H24Cl2F2N2O4/c25-17-3-1-15(9-19(17)27)33-12-22(31)29-21-6-8-24(7-5-14(21)11-24)30-23(32)13-34-16-2-4-18(26)20(28)10-16/h1-4,9-10,14,21H,5-8,11-13H2,(H,29,31)(H,30,32)/t14-,21?,24+/m0/s1. The number of ether oxygens (including phenoxy) is 2. The van der Waals surface area contributed by atoms with Gasteiger partial charge in [-0.15, -0.1) is 0 Å². The monoisotopic (exact) mass is 512 g/mol. The maximum Gasteiger partial charge on any atom is 0.258 e. The number of fused-ring (bicyclic) bond motifs is 2. The van der Waals surface area contributed by atoms with Crippen LogP contribution in [0.5, 0.6) is 11.5 Å². The van der Waals surface area contributed by atoms with Crippen molar-refractivity contribution in [3.05, 3.63) is 58.1 Å². The van der Waals surface area contributed by atoms with Crippen molar-refractivity contribution in [2.75, 3.05) is 13.2 Å². The Balaban J connectivity index is 1.22. The Hall–Kier alpha value is -2.58. The SMILES string of the molecule is O=C(COc1ccc(Cl)c(F)c1)NC1CC[C@]2(NC(=O)COc3ccc(Cl)c(F)c3)CC[C@H]1C2. The highest BCUT2D eigenvalue weighted by Gasteiger charge is 2.47. The molecule has 2 bridgehead atoms. The normalized spacial score (nSPS) is 23.3. The lowest BCUT2D eigenvalue weighted by Gasteiger charge is -2.38. The first kappa shape index (κ1) is 24.5. The lowest BCUT2D eigenvalue weighted by atomic mass is 9.80. The number of hydrogen-bond acceptors (Lipinski definition) is 4. The van der Waals surface area contributed by atoms with Crippen LogP contribution in [0.25, 0.3) is 0 Å². The predicted molar refractivity (Wildman–Crippen MR) is 123 cm³/mol. The van der Waals surface area contributed by atoms with E-state index >= 15 is 0 Å². The second-order valence-corrected chi connectivity index (χ2v) is 9.59. The van der Waals surface area contributed by atoms with Crippen LogP contribution < -0.4 is 20.1 Å². The van der Waals surface area contributed by atoms with E-state index in [1.54, 1.807) is 0 Å². The van der Waals surface area contributed by atoms with Crippen molar-refractivity contribution in [3.8, 4) is 11.5 Å². The summed E-state index contributed by atoms with van der Waals surface area (Å²) in [6.45, 7) is -0.453. The van der Waals surface area contributed by atoms with Gasteiger partial charge in [0, 0.05) is 23.7 Å². The Morgan fingerprint density at radius 2 is 1.47 bits per heavy atom. The summed E-state index contributed by atoms with van der Waals surface area (Å²) in [5, 5.41) is 6.06. The molecule has 4 rings (SSSR count). The van der Waals surface area contributed by atoms with E-state index in [1.807, 2.05) is 0 Å². The van der Waals surface area contributed by atoms with E-state index in [1.165, 1.54) is 24.3 Å². The quantitative estimate of drug-likeness (QED) is 0.539. The van der Waals surface area contributed by atoms with Crippen molar-refractivity contribution in [3.63, 3.8) is 0 Å². The zero-order valence-corrected chi connectivity index (χ0v) is 19.7. The van der Waals surface area contributed by atoms with Gasteiger partial charge in [0.1, 0.15) is 23.1 Å². The molecule has 0 aliphatic heterocycles. The average Bonchev–Trinajstić information content (AvgIpc) is 3.15. The molecule has 2 aliphatic carbocycles. The fourth-order valence-corrected chi connectivity index (χ4v) is 5.02. The van der Waals surface area contributed by atoms with Gasteiger partial charge in [-0.25, -0.2) is 8.78 Å². The molecule has 0 saturated heterocycles. The molecule has 2 aromatic carbocycles. The lowest BCUT2D eigenvalue weighted by molar-refractivity contribution is -0.126. The summed E-state index contributed by atoms with van der Waals surface area (Å²) in [7, 11) is 0. The average molecular weight is 513 g/mol. The van der Waals surface area contributed by atoms with Crippen molar-refractivity contribution >= 4 is 35.0 Å². The molecule has 1 unspecified atom stereocenters. The van der Waals surface area contributed by atoms with E-state index < -0.39 is 11.6 Å². The highest BCUT2D eigenvalue weighted by molar-refractivity contribution is 6.31. The summed E-state index contributed by atoms with van der Waals surface area (Å²) in [6.07, 6.45) is 3.88. The number of nitrogens with one attached hydrogen (secondary N) is 2. The van der Waals surface area contributed by atoms with Crippen LogP contribution in [0.1, 0.15) is 32.1 Å². The van der Waals surface area contributed by atoms with Crippen molar-refractivity contribution in [2.24, 2.45) is 5.92 Å². The molecule has 0 radical (unpaired) electrons. The number of rotatable bonds is 8. The maximum atomic E-state index is 13.5. The molecule has 10 heteroatoms. The van der Waals surface area contributed by atoms with Gasteiger partial charge in [-0.05, 0) is 62.3 Å². The molecular weight excluding hydrogens is 489 g/mol. The maximum absolute atomic E-state index is 13.5. The van der Waals surface area contributed by atoms with Gasteiger partial charge >= 0.3 is 0 Å². The highest BCUT2D eigenvalue weighted by Crippen LogP contribution is 2.45. The number of hydrogen-bond donors (Lipinski definition) is 2. The van der Waals surface area contributed by atoms with Crippen LogP contribution in [0.15, 0.2) is 36.4 Å². The second-order valence-electron chi connectivity index (χ2n) is 8.77. The summed E-state index contributed by atoms with van der Waals surface area (Å²) in [5.74, 6) is -1.09. The van der Waals surface area contributed by atoms with E-state index in [0.29, 0.717) is 0 Å². The first-order chi connectivity index (χ1) is 16.2. The van der Waals surface area contributed by atoms with Crippen molar-refractivity contribution < 1.29 is 27.8 Å². The van der Waals surface area contributed by atoms with Gasteiger partial charge < -0.3 is 20.1 Å². The topological polar surface area (TPSA) is 76.7 Å². The van der Waals surface area contributed by atoms with Gasteiger partial charge in [-0.3, -0.25) is 9.59 Å².